The number of carbonyl (C=O) groups is 1. The lowest BCUT2D eigenvalue weighted by Gasteiger charge is -2.19. The lowest BCUT2D eigenvalue weighted by atomic mass is 10.1. The highest BCUT2D eigenvalue weighted by Crippen LogP contribution is 2.45. The van der Waals surface area contributed by atoms with E-state index in [1.165, 1.54) is 0 Å². The van der Waals surface area contributed by atoms with Gasteiger partial charge in [-0.05, 0) is 54.8 Å². The molecule has 3 rings (SSSR count). The summed E-state index contributed by atoms with van der Waals surface area (Å²) in [6, 6.07) is 15.2. The molecule has 0 spiro atoms. The van der Waals surface area contributed by atoms with Crippen molar-refractivity contribution in [1.29, 1.82) is 0 Å². The number of nitrogens with zero attached hydrogens (tertiary/aromatic N) is 1. The predicted molar refractivity (Wildman–Crippen MR) is 95.3 cm³/mol. The highest BCUT2D eigenvalue weighted by molar-refractivity contribution is 6.30. The zero-order valence-electron chi connectivity index (χ0n) is 13.3. The fourth-order valence-corrected chi connectivity index (χ4v) is 2.73. The number of benzene rings is 2. The second-order valence-corrected chi connectivity index (χ2v) is 6.55. The highest BCUT2D eigenvalue weighted by Gasteiger charge is 2.45. The van der Waals surface area contributed by atoms with Crippen LogP contribution in [0.15, 0.2) is 48.5 Å². The van der Waals surface area contributed by atoms with Crippen LogP contribution in [-0.4, -0.2) is 20.1 Å². The van der Waals surface area contributed by atoms with Gasteiger partial charge in [0, 0.05) is 30.5 Å². The predicted octanol–water partition coefficient (Wildman–Crippen LogP) is 4.22. The second-order valence-electron chi connectivity index (χ2n) is 6.11. The van der Waals surface area contributed by atoms with Gasteiger partial charge in [0.1, 0.15) is 0 Å². The maximum absolute atomic E-state index is 12.3. The molecule has 2 N–H and O–H groups in total. The molecule has 2 amide bonds. The number of halogens is 1. The van der Waals surface area contributed by atoms with Crippen molar-refractivity contribution < 1.29 is 4.79 Å². The Morgan fingerprint density at radius 1 is 1.04 bits per heavy atom. The van der Waals surface area contributed by atoms with Gasteiger partial charge in [0.05, 0.1) is 5.54 Å². The van der Waals surface area contributed by atoms with Gasteiger partial charge < -0.3 is 15.5 Å². The van der Waals surface area contributed by atoms with Crippen LogP contribution in [-0.2, 0) is 5.54 Å². The Balaban J connectivity index is 1.64. The van der Waals surface area contributed by atoms with Gasteiger partial charge in [0.2, 0.25) is 0 Å². The number of urea groups is 1. The summed E-state index contributed by atoms with van der Waals surface area (Å²) in [5.41, 5.74) is 2.72. The van der Waals surface area contributed by atoms with E-state index in [1.807, 2.05) is 67.5 Å². The Kier molecular flexibility index (Phi) is 4.18. The van der Waals surface area contributed by atoms with E-state index >= 15 is 0 Å². The summed E-state index contributed by atoms with van der Waals surface area (Å²) in [4.78, 5) is 14.3. The summed E-state index contributed by atoms with van der Waals surface area (Å²) in [7, 11) is 3.97. The molecule has 120 valence electrons. The SMILES string of the molecule is CN(C)c1ccc(NC(=O)NC2(c3ccc(Cl)cc3)CC2)cc1. The molecular weight excluding hydrogens is 310 g/mol. The highest BCUT2D eigenvalue weighted by atomic mass is 35.5. The standard InChI is InChI=1S/C18H20ClN3O/c1-22(2)16-9-7-15(8-10-16)20-17(23)21-18(11-12-18)13-3-5-14(19)6-4-13/h3-10H,11-12H2,1-2H3,(H2,20,21,23). The van der Waals surface area contributed by atoms with Crippen LogP contribution in [0.1, 0.15) is 18.4 Å². The van der Waals surface area contributed by atoms with Crippen LogP contribution in [0.2, 0.25) is 5.02 Å². The Labute approximate surface area is 141 Å². The summed E-state index contributed by atoms with van der Waals surface area (Å²) >= 11 is 5.93. The first-order valence-corrected chi connectivity index (χ1v) is 7.99. The van der Waals surface area contributed by atoms with Crippen molar-refractivity contribution in [1.82, 2.24) is 5.32 Å². The van der Waals surface area contributed by atoms with E-state index in [0.717, 1.165) is 29.8 Å². The lowest BCUT2D eigenvalue weighted by molar-refractivity contribution is 0.247. The molecule has 2 aromatic carbocycles. The Morgan fingerprint density at radius 2 is 1.65 bits per heavy atom. The molecule has 0 unspecified atom stereocenters. The molecule has 0 saturated heterocycles. The topological polar surface area (TPSA) is 44.4 Å². The largest absolute Gasteiger partial charge is 0.378 e. The zero-order valence-corrected chi connectivity index (χ0v) is 14.0. The first-order chi connectivity index (χ1) is 11.0. The maximum Gasteiger partial charge on any atom is 0.319 e. The minimum absolute atomic E-state index is 0.185. The smallest absolute Gasteiger partial charge is 0.319 e. The van der Waals surface area contributed by atoms with Gasteiger partial charge in [0.25, 0.3) is 0 Å². The summed E-state index contributed by atoms with van der Waals surface area (Å²) in [5.74, 6) is 0. The number of anilines is 2. The van der Waals surface area contributed by atoms with Crippen molar-refractivity contribution in [2.75, 3.05) is 24.3 Å². The molecule has 1 fully saturated rings. The fourth-order valence-electron chi connectivity index (χ4n) is 2.60. The summed E-state index contributed by atoms with van der Waals surface area (Å²) in [6.07, 6.45) is 1.89. The van der Waals surface area contributed by atoms with Gasteiger partial charge in [-0.1, -0.05) is 23.7 Å². The average molecular weight is 330 g/mol. The maximum atomic E-state index is 12.3. The van der Waals surface area contributed by atoms with Crippen LogP contribution in [0.4, 0.5) is 16.2 Å². The van der Waals surface area contributed by atoms with Crippen LogP contribution >= 0.6 is 11.6 Å². The zero-order chi connectivity index (χ0) is 16.4. The van der Waals surface area contributed by atoms with Crippen LogP contribution in [0.3, 0.4) is 0 Å². The molecule has 0 aromatic heterocycles. The minimum Gasteiger partial charge on any atom is -0.378 e. The van der Waals surface area contributed by atoms with E-state index in [4.69, 9.17) is 11.6 Å². The van der Waals surface area contributed by atoms with Crippen LogP contribution in [0.5, 0.6) is 0 Å². The third-order valence-corrected chi connectivity index (χ3v) is 4.39. The van der Waals surface area contributed by atoms with Crippen molar-refractivity contribution in [3.63, 3.8) is 0 Å². The molecule has 1 saturated carbocycles. The van der Waals surface area contributed by atoms with E-state index in [0.29, 0.717) is 5.02 Å². The van der Waals surface area contributed by atoms with Crippen molar-refractivity contribution in [3.05, 3.63) is 59.1 Å². The Morgan fingerprint density at radius 3 is 2.17 bits per heavy atom. The molecule has 2 aromatic rings. The average Bonchev–Trinajstić information content (AvgIpc) is 3.29. The van der Waals surface area contributed by atoms with E-state index in [2.05, 4.69) is 10.6 Å². The van der Waals surface area contributed by atoms with Crippen LogP contribution < -0.4 is 15.5 Å². The van der Waals surface area contributed by atoms with Crippen LogP contribution in [0, 0.1) is 0 Å². The van der Waals surface area contributed by atoms with Crippen molar-refractivity contribution in [2.45, 2.75) is 18.4 Å². The van der Waals surface area contributed by atoms with E-state index in [9.17, 15) is 4.79 Å². The fraction of sp³-hybridized carbons (Fsp3) is 0.278. The molecule has 5 heteroatoms. The van der Waals surface area contributed by atoms with Crippen LogP contribution in [0.25, 0.3) is 0 Å². The molecule has 0 bridgehead atoms. The van der Waals surface area contributed by atoms with E-state index in [1.54, 1.807) is 0 Å². The first kappa shape index (κ1) is 15.7. The van der Waals surface area contributed by atoms with Gasteiger partial charge in [-0.2, -0.15) is 0 Å². The number of nitrogens with one attached hydrogen (secondary N) is 2. The van der Waals surface area contributed by atoms with E-state index in [-0.39, 0.29) is 11.6 Å². The molecule has 1 aliphatic rings. The number of hydrogen-bond acceptors (Lipinski definition) is 2. The van der Waals surface area contributed by atoms with E-state index < -0.39 is 0 Å². The Hall–Kier alpha value is -2.20. The third-order valence-electron chi connectivity index (χ3n) is 4.14. The number of rotatable bonds is 4. The van der Waals surface area contributed by atoms with Crippen molar-refractivity contribution in [3.8, 4) is 0 Å². The number of hydrogen-bond donors (Lipinski definition) is 2. The summed E-state index contributed by atoms with van der Waals surface area (Å²) < 4.78 is 0. The molecule has 0 atom stereocenters. The van der Waals surface area contributed by atoms with Crippen molar-refractivity contribution in [2.24, 2.45) is 0 Å². The molecule has 0 heterocycles. The van der Waals surface area contributed by atoms with Crippen molar-refractivity contribution >= 4 is 29.0 Å². The first-order valence-electron chi connectivity index (χ1n) is 7.61. The lowest BCUT2D eigenvalue weighted by Crippen LogP contribution is -2.38. The molecule has 4 nitrogen and oxygen atoms in total. The number of carbonyl (C=O) groups excluding carboxylic acids is 1. The Bertz CT molecular complexity index is 691. The van der Waals surface area contributed by atoms with Gasteiger partial charge in [-0.25, -0.2) is 4.79 Å². The normalized spacial score (nSPS) is 14.9. The molecular formula is C18H20ClN3O. The quantitative estimate of drug-likeness (QED) is 0.882. The van der Waals surface area contributed by atoms with Gasteiger partial charge in [-0.15, -0.1) is 0 Å². The minimum atomic E-state index is -0.252. The monoisotopic (exact) mass is 329 g/mol. The van der Waals surface area contributed by atoms with Gasteiger partial charge in [-0.3, -0.25) is 0 Å². The molecule has 0 radical (unpaired) electrons. The summed E-state index contributed by atoms with van der Waals surface area (Å²) in [6.45, 7) is 0. The van der Waals surface area contributed by atoms with Gasteiger partial charge in [0.15, 0.2) is 0 Å². The second kappa shape index (κ2) is 6.13. The third kappa shape index (κ3) is 3.59. The number of amides is 2. The molecule has 0 aliphatic heterocycles. The summed E-state index contributed by atoms with van der Waals surface area (Å²) in [5, 5.41) is 6.68. The molecule has 1 aliphatic carbocycles. The van der Waals surface area contributed by atoms with Gasteiger partial charge >= 0.3 is 6.03 Å². The molecule has 23 heavy (non-hydrogen) atoms.